The van der Waals surface area contributed by atoms with Gasteiger partial charge in [0.15, 0.2) is 0 Å². The summed E-state index contributed by atoms with van der Waals surface area (Å²) in [5.74, 6) is 0.00859. The Kier molecular flexibility index (Phi) is 7.92. The van der Waals surface area contributed by atoms with E-state index in [2.05, 4.69) is 38.2 Å². The van der Waals surface area contributed by atoms with E-state index in [1.807, 2.05) is 36.1 Å². The molecule has 190 valence electrons. The standard InChI is InChI=1S/C29H38F2N2O2/c1-5-9-21-16-22(19(3)32-29(4)12-8-13-29)17-25-26(21)18-33(27(25)34)23-11-7-10-20(14-23)15-24(6-2)35-28(30)31/h7,10-11,14,16-17,19,24,28,32H,5-6,8-9,12-13,15,18H2,1-4H3. The van der Waals surface area contributed by atoms with Gasteiger partial charge in [0.05, 0.1) is 12.6 Å². The molecule has 1 amide bonds. The normalized spacial score (nSPS) is 18.5. The quantitative estimate of drug-likeness (QED) is 0.375. The number of hydrogen-bond acceptors (Lipinski definition) is 3. The SMILES string of the molecule is CCCc1cc(C(C)NC2(C)CCC2)cc2c1CN(c1cccc(CC(CC)OC(F)F)c1)C2=O. The van der Waals surface area contributed by atoms with E-state index in [-0.39, 0.29) is 17.5 Å². The van der Waals surface area contributed by atoms with Gasteiger partial charge in [-0.05, 0) is 92.8 Å². The van der Waals surface area contributed by atoms with E-state index in [1.165, 1.54) is 30.4 Å². The van der Waals surface area contributed by atoms with Crippen LogP contribution in [0.4, 0.5) is 14.5 Å². The Morgan fingerprint density at radius 1 is 1.17 bits per heavy atom. The molecule has 2 atom stereocenters. The number of anilines is 1. The highest BCUT2D eigenvalue weighted by molar-refractivity contribution is 6.10. The largest absolute Gasteiger partial charge is 0.345 e. The molecule has 0 spiro atoms. The molecule has 4 nitrogen and oxygen atoms in total. The van der Waals surface area contributed by atoms with Crippen LogP contribution in [0.1, 0.15) is 98.5 Å². The van der Waals surface area contributed by atoms with Crippen LogP contribution in [0, 0.1) is 0 Å². The van der Waals surface area contributed by atoms with Gasteiger partial charge in [0.25, 0.3) is 5.91 Å². The summed E-state index contributed by atoms with van der Waals surface area (Å²) in [6, 6.07) is 12.2. The van der Waals surface area contributed by atoms with Gasteiger partial charge >= 0.3 is 6.61 Å². The van der Waals surface area contributed by atoms with E-state index in [4.69, 9.17) is 4.74 Å². The third-order valence-corrected chi connectivity index (χ3v) is 7.63. The van der Waals surface area contributed by atoms with E-state index in [9.17, 15) is 13.6 Å². The summed E-state index contributed by atoms with van der Waals surface area (Å²) in [6.07, 6.45) is 5.92. The van der Waals surface area contributed by atoms with Gasteiger partial charge in [0, 0.05) is 22.8 Å². The summed E-state index contributed by atoms with van der Waals surface area (Å²) in [6.45, 7) is 6.23. The first kappa shape index (κ1) is 25.8. The highest BCUT2D eigenvalue weighted by atomic mass is 19.3. The molecule has 0 bridgehead atoms. The lowest BCUT2D eigenvalue weighted by Gasteiger charge is -2.42. The van der Waals surface area contributed by atoms with Crippen LogP contribution in [0.15, 0.2) is 36.4 Å². The molecule has 1 fully saturated rings. The zero-order valence-electron chi connectivity index (χ0n) is 21.4. The molecule has 1 aliphatic carbocycles. The average Bonchev–Trinajstić information content (AvgIpc) is 3.14. The second kappa shape index (κ2) is 10.8. The number of hydrogen-bond donors (Lipinski definition) is 1. The van der Waals surface area contributed by atoms with Crippen LogP contribution in [0.2, 0.25) is 0 Å². The van der Waals surface area contributed by atoms with Crippen molar-refractivity contribution in [2.75, 3.05) is 4.90 Å². The molecular weight excluding hydrogens is 446 g/mol. The zero-order chi connectivity index (χ0) is 25.2. The minimum Gasteiger partial charge on any atom is -0.319 e. The van der Waals surface area contributed by atoms with E-state index in [1.54, 1.807) is 0 Å². The first-order valence-corrected chi connectivity index (χ1v) is 13.0. The Hall–Kier alpha value is -2.31. The summed E-state index contributed by atoms with van der Waals surface area (Å²) >= 11 is 0. The Bertz CT molecular complexity index is 1050. The molecule has 2 aliphatic rings. The highest BCUT2D eigenvalue weighted by Gasteiger charge is 2.35. The van der Waals surface area contributed by atoms with E-state index in [0.29, 0.717) is 19.4 Å². The molecule has 2 unspecified atom stereocenters. The van der Waals surface area contributed by atoms with Crippen molar-refractivity contribution < 1.29 is 18.3 Å². The van der Waals surface area contributed by atoms with Gasteiger partial charge in [-0.3, -0.25) is 4.79 Å². The third kappa shape index (κ3) is 5.75. The Labute approximate surface area is 208 Å². The molecule has 35 heavy (non-hydrogen) atoms. The maximum Gasteiger partial charge on any atom is 0.345 e. The van der Waals surface area contributed by atoms with Crippen LogP contribution in [0.25, 0.3) is 0 Å². The fraction of sp³-hybridized carbons (Fsp3) is 0.552. The van der Waals surface area contributed by atoms with Crippen LogP contribution < -0.4 is 10.2 Å². The van der Waals surface area contributed by atoms with Crippen molar-refractivity contribution >= 4 is 11.6 Å². The molecule has 1 saturated carbocycles. The lowest BCUT2D eigenvalue weighted by molar-refractivity contribution is -0.162. The van der Waals surface area contributed by atoms with Crippen LogP contribution in [-0.4, -0.2) is 24.2 Å². The third-order valence-electron chi connectivity index (χ3n) is 7.63. The number of aryl methyl sites for hydroxylation is 1. The molecule has 6 heteroatoms. The van der Waals surface area contributed by atoms with E-state index in [0.717, 1.165) is 35.2 Å². The fourth-order valence-corrected chi connectivity index (χ4v) is 5.47. The Morgan fingerprint density at radius 3 is 2.57 bits per heavy atom. The van der Waals surface area contributed by atoms with Gasteiger partial charge in [0.2, 0.25) is 0 Å². The number of nitrogens with one attached hydrogen (secondary N) is 1. The Balaban J connectivity index is 1.58. The molecule has 4 rings (SSSR count). The number of fused-ring (bicyclic) bond motifs is 1. The smallest absolute Gasteiger partial charge is 0.319 e. The number of halogens is 2. The van der Waals surface area contributed by atoms with Gasteiger partial charge in [0.1, 0.15) is 0 Å². The lowest BCUT2D eigenvalue weighted by Crippen LogP contribution is -2.49. The summed E-state index contributed by atoms with van der Waals surface area (Å²) in [4.78, 5) is 15.4. The van der Waals surface area contributed by atoms with Crippen molar-refractivity contribution in [3.05, 3.63) is 64.2 Å². The number of nitrogens with zero attached hydrogens (tertiary/aromatic N) is 1. The summed E-state index contributed by atoms with van der Waals surface area (Å²) in [5.41, 5.74) is 6.18. The number of amides is 1. The predicted octanol–water partition coefficient (Wildman–Crippen LogP) is 6.95. The Morgan fingerprint density at radius 2 is 1.94 bits per heavy atom. The maximum atomic E-state index is 13.6. The van der Waals surface area contributed by atoms with Gasteiger partial charge in [-0.25, -0.2) is 0 Å². The number of carbonyl (C=O) groups is 1. The van der Waals surface area contributed by atoms with Gasteiger partial charge in [-0.2, -0.15) is 8.78 Å². The second-order valence-electron chi connectivity index (χ2n) is 10.4. The van der Waals surface area contributed by atoms with Gasteiger partial charge < -0.3 is 15.0 Å². The first-order valence-electron chi connectivity index (χ1n) is 13.0. The van der Waals surface area contributed by atoms with Crippen LogP contribution in [0.3, 0.4) is 0 Å². The topological polar surface area (TPSA) is 41.6 Å². The van der Waals surface area contributed by atoms with Crippen molar-refractivity contribution in [1.82, 2.24) is 5.32 Å². The number of rotatable bonds is 11. The van der Waals surface area contributed by atoms with E-state index < -0.39 is 12.7 Å². The molecule has 1 aliphatic heterocycles. The summed E-state index contributed by atoms with van der Waals surface area (Å²) < 4.78 is 30.2. The summed E-state index contributed by atoms with van der Waals surface area (Å²) in [5, 5.41) is 3.78. The monoisotopic (exact) mass is 484 g/mol. The lowest BCUT2D eigenvalue weighted by atomic mass is 9.77. The molecule has 1 heterocycles. The number of carbonyl (C=O) groups excluding carboxylic acids is 1. The van der Waals surface area contributed by atoms with Crippen molar-refractivity contribution in [2.45, 2.75) is 103 Å². The molecule has 2 aromatic rings. The molecule has 0 saturated heterocycles. The van der Waals surface area contributed by atoms with Crippen LogP contribution >= 0.6 is 0 Å². The van der Waals surface area contributed by atoms with Crippen molar-refractivity contribution in [3.63, 3.8) is 0 Å². The van der Waals surface area contributed by atoms with Gasteiger partial charge in [-0.15, -0.1) is 0 Å². The molecule has 0 radical (unpaired) electrons. The van der Waals surface area contributed by atoms with Crippen molar-refractivity contribution in [1.29, 1.82) is 0 Å². The van der Waals surface area contributed by atoms with Crippen molar-refractivity contribution in [2.24, 2.45) is 0 Å². The minimum atomic E-state index is -2.78. The fourth-order valence-electron chi connectivity index (χ4n) is 5.47. The molecule has 1 N–H and O–H groups in total. The highest BCUT2D eigenvalue weighted by Crippen LogP contribution is 2.37. The van der Waals surface area contributed by atoms with Gasteiger partial charge in [-0.1, -0.05) is 38.5 Å². The van der Waals surface area contributed by atoms with Crippen LogP contribution in [0.5, 0.6) is 0 Å². The molecular formula is C29H38F2N2O2. The predicted molar refractivity (Wildman–Crippen MR) is 136 cm³/mol. The zero-order valence-corrected chi connectivity index (χ0v) is 21.4. The second-order valence-corrected chi connectivity index (χ2v) is 10.4. The molecule has 2 aromatic carbocycles. The minimum absolute atomic E-state index is 0.00859. The average molecular weight is 485 g/mol. The first-order chi connectivity index (χ1) is 16.7. The maximum absolute atomic E-state index is 13.6. The summed E-state index contributed by atoms with van der Waals surface area (Å²) in [7, 11) is 0. The number of benzene rings is 2. The number of ether oxygens (including phenoxy) is 1. The van der Waals surface area contributed by atoms with Crippen molar-refractivity contribution in [3.8, 4) is 0 Å². The molecule has 0 aromatic heterocycles. The number of alkyl halides is 2. The van der Waals surface area contributed by atoms with Crippen LogP contribution in [-0.2, 0) is 24.1 Å². The van der Waals surface area contributed by atoms with E-state index >= 15 is 0 Å².